The Morgan fingerprint density at radius 3 is 2.68 bits per heavy atom. The Kier molecular flexibility index (Phi) is 5.49. The second-order valence-corrected chi connectivity index (χ2v) is 5.94. The number of amides is 1. The van der Waals surface area contributed by atoms with Crippen LogP contribution in [0, 0.1) is 13.8 Å². The largest absolute Gasteiger partial charge is 0.370 e. The predicted molar refractivity (Wildman–Crippen MR) is 92.4 cm³/mol. The van der Waals surface area contributed by atoms with Gasteiger partial charge in [0.15, 0.2) is 0 Å². The highest BCUT2D eigenvalue weighted by atomic mass is 79.9. The van der Waals surface area contributed by atoms with Crippen LogP contribution < -0.4 is 10.6 Å². The molecular formula is C16H19BrN4O. The number of nitrogens with zero attached hydrogens (tertiary/aromatic N) is 2. The Bertz CT molecular complexity index is 688. The van der Waals surface area contributed by atoms with Crippen molar-refractivity contribution in [3.63, 3.8) is 0 Å². The molecule has 0 radical (unpaired) electrons. The fourth-order valence-corrected chi connectivity index (χ4v) is 2.46. The molecule has 1 amide bonds. The number of carbonyl (C=O) groups is 1. The summed E-state index contributed by atoms with van der Waals surface area (Å²) in [5, 5.41) is 6.06. The smallest absolute Gasteiger partial charge is 0.274 e. The number of hydrogen-bond donors (Lipinski definition) is 2. The molecule has 116 valence electrons. The first-order valence-electron chi connectivity index (χ1n) is 7.16. The first kappa shape index (κ1) is 16.4. The summed E-state index contributed by atoms with van der Waals surface area (Å²) in [7, 11) is 0. The lowest BCUT2D eigenvalue weighted by molar-refractivity contribution is 0.102. The first-order chi connectivity index (χ1) is 10.5. The minimum absolute atomic E-state index is 0.240. The maximum atomic E-state index is 12.4. The van der Waals surface area contributed by atoms with Gasteiger partial charge in [-0.15, -0.1) is 0 Å². The molecule has 0 fully saturated rings. The minimum atomic E-state index is -0.240. The van der Waals surface area contributed by atoms with E-state index in [1.165, 1.54) is 0 Å². The van der Waals surface area contributed by atoms with Crippen molar-refractivity contribution < 1.29 is 4.79 Å². The first-order valence-corrected chi connectivity index (χ1v) is 7.96. The van der Waals surface area contributed by atoms with Crippen LogP contribution in [0.1, 0.15) is 35.2 Å². The summed E-state index contributed by atoms with van der Waals surface area (Å²) in [5.41, 5.74) is 2.11. The van der Waals surface area contributed by atoms with Crippen LogP contribution >= 0.6 is 15.9 Å². The van der Waals surface area contributed by atoms with Gasteiger partial charge in [-0.3, -0.25) is 4.79 Å². The molecule has 2 rings (SSSR count). The molecule has 0 saturated carbocycles. The van der Waals surface area contributed by atoms with Gasteiger partial charge in [0.25, 0.3) is 5.91 Å². The van der Waals surface area contributed by atoms with Gasteiger partial charge < -0.3 is 10.6 Å². The van der Waals surface area contributed by atoms with E-state index in [9.17, 15) is 4.79 Å². The molecule has 1 heterocycles. The Labute approximate surface area is 138 Å². The summed E-state index contributed by atoms with van der Waals surface area (Å²) in [5.74, 6) is 1.00. The van der Waals surface area contributed by atoms with Gasteiger partial charge >= 0.3 is 0 Å². The molecule has 2 aromatic rings. The number of aryl methyl sites for hydroxylation is 2. The molecule has 6 heteroatoms. The van der Waals surface area contributed by atoms with E-state index in [1.807, 2.05) is 25.1 Å². The van der Waals surface area contributed by atoms with E-state index in [0.717, 1.165) is 28.7 Å². The van der Waals surface area contributed by atoms with Gasteiger partial charge in [-0.1, -0.05) is 22.9 Å². The Hall–Kier alpha value is -1.95. The van der Waals surface area contributed by atoms with Crippen molar-refractivity contribution in [2.24, 2.45) is 0 Å². The SMILES string of the molecule is CCCNc1cc(C(=O)Nc2ccc(Br)cc2C)nc(C)n1. The Balaban J connectivity index is 2.20. The lowest BCUT2D eigenvalue weighted by Crippen LogP contribution is -2.16. The topological polar surface area (TPSA) is 66.9 Å². The van der Waals surface area contributed by atoms with E-state index in [4.69, 9.17) is 0 Å². The zero-order valence-corrected chi connectivity index (χ0v) is 14.5. The van der Waals surface area contributed by atoms with Gasteiger partial charge in [0.05, 0.1) is 0 Å². The number of hydrogen-bond acceptors (Lipinski definition) is 4. The maximum absolute atomic E-state index is 12.4. The average molecular weight is 363 g/mol. The molecule has 0 unspecified atom stereocenters. The number of halogens is 1. The summed E-state index contributed by atoms with van der Waals surface area (Å²) >= 11 is 3.41. The fourth-order valence-electron chi connectivity index (χ4n) is 1.98. The maximum Gasteiger partial charge on any atom is 0.274 e. The van der Waals surface area contributed by atoms with Gasteiger partial charge in [0, 0.05) is 22.8 Å². The molecule has 0 aliphatic rings. The highest BCUT2D eigenvalue weighted by Gasteiger charge is 2.12. The summed E-state index contributed by atoms with van der Waals surface area (Å²) in [4.78, 5) is 20.9. The molecule has 1 aromatic heterocycles. The molecule has 0 aliphatic carbocycles. The molecule has 0 spiro atoms. The van der Waals surface area contributed by atoms with Crippen LogP contribution in [0.3, 0.4) is 0 Å². The molecule has 0 bridgehead atoms. The molecule has 22 heavy (non-hydrogen) atoms. The van der Waals surface area contributed by atoms with Crippen LogP contribution in [0.5, 0.6) is 0 Å². The summed E-state index contributed by atoms with van der Waals surface area (Å²) < 4.78 is 0.979. The van der Waals surface area contributed by atoms with Crippen molar-refractivity contribution >= 4 is 33.3 Å². The van der Waals surface area contributed by atoms with Crippen molar-refractivity contribution in [3.05, 3.63) is 45.8 Å². The molecule has 0 aliphatic heterocycles. The van der Waals surface area contributed by atoms with Crippen molar-refractivity contribution in [2.45, 2.75) is 27.2 Å². The number of rotatable bonds is 5. The summed E-state index contributed by atoms with van der Waals surface area (Å²) in [6.45, 7) is 6.60. The van der Waals surface area contributed by atoms with Crippen molar-refractivity contribution in [1.82, 2.24) is 9.97 Å². The van der Waals surface area contributed by atoms with Crippen molar-refractivity contribution in [2.75, 3.05) is 17.2 Å². The van der Waals surface area contributed by atoms with Gasteiger partial charge in [-0.25, -0.2) is 9.97 Å². The number of carbonyl (C=O) groups excluding carboxylic acids is 1. The summed E-state index contributed by atoms with van der Waals surface area (Å²) in [6.07, 6.45) is 0.989. The Morgan fingerprint density at radius 1 is 1.23 bits per heavy atom. The number of aromatic nitrogens is 2. The second kappa shape index (κ2) is 7.35. The van der Waals surface area contributed by atoms with E-state index in [2.05, 4.69) is 43.5 Å². The number of anilines is 2. The molecule has 0 atom stereocenters. The molecular weight excluding hydrogens is 344 g/mol. The molecule has 5 nitrogen and oxygen atoms in total. The lowest BCUT2D eigenvalue weighted by atomic mass is 10.2. The highest BCUT2D eigenvalue weighted by Crippen LogP contribution is 2.20. The summed E-state index contributed by atoms with van der Waals surface area (Å²) in [6, 6.07) is 7.38. The number of nitrogens with one attached hydrogen (secondary N) is 2. The number of benzene rings is 1. The second-order valence-electron chi connectivity index (χ2n) is 5.03. The van der Waals surface area contributed by atoms with Crippen molar-refractivity contribution in [1.29, 1.82) is 0 Å². The fraction of sp³-hybridized carbons (Fsp3) is 0.312. The van der Waals surface area contributed by atoms with Crippen LogP contribution in [0.2, 0.25) is 0 Å². The van der Waals surface area contributed by atoms with E-state index in [-0.39, 0.29) is 5.91 Å². The minimum Gasteiger partial charge on any atom is -0.370 e. The average Bonchev–Trinajstić information content (AvgIpc) is 2.47. The van der Waals surface area contributed by atoms with Crippen LogP contribution in [0.4, 0.5) is 11.5 Å². The van der Waals surface area contributed by atoms with Gasteiger partial charge in [0.1, 0.15) is 17.3 Å². The zero-order chi connectivity index (χ0) is 16.1. The van der Waals surface area contributed by atoms with E-state index in [0.29, 0.717) is 17.3 Å². The highest BCUT2D eigenvalue weighted by molar-refractivity contribution is 9.10. The van der Waals surface area contributed by atoms with Crippen LogP contribution in [-0.4, -0.2) is 22.4 Å². The van der Waals surface area contributed by atoms with Crippen LogP contribution in [0.15, 0.2) is 28.7 Å². The van der Waals surface area contributed by atoms with E-state index >= 15 is 0 Å². The Morgan fingerprint density at radius 2 is 2.00 bits per heavy atom. The molecule has 2 N–H and O–H groups in total. The predicted octanol–water partition coefficient (Wildman–Crippen LogP) is 3.93. The van der Waals surface area contributed by atoms with Crippen LogP contribution in [-0.2, 0) is 0 Å². The molecule has 0 saturated heterocycles. The lowest BCUT2D eigenvalue weighted by Gasteiger charge is -2.10. The van der Waals surface area contributed by atoms with Gasteiger partial charge in [0.2, 0.25) is 0 Å². The van der Waals surface area contributed by atoms with Crippen LogP contribution in [0.25, 0.3) is 0 Å². The standard InChI is InChI=1S/C16H19BrN4O/c1-4-7-18-15-9-14(19-11(3)20-15)16(22)21-13-6-5-12(17)8-10(13)2/h5-6,8-9H,4,7H2,1-3H3,(H,21,22)(H,18,19,20). The third-order valence-electron chi connectivity index (χ3n) is 3.06. The zero-order valence-electron chi connectivity index (χ0n) is 12.9. The van der Waals surface area contributed by atoms with Crippen molar-refractivity contribution in [3.8, 4) is 0 Å². The van der Waals surface area contributed by atoms with E-state index in [1.54, 1.807) is 13.0 Å². The third kappa shape index (κ3) is 4.27. The normalized spacial score (nSPS) is 10.4. The molecule has 1 aromatic carbocycles. The van der Waals surface area contributed by atoms with E-state index < -0.39 is 0 Å². The quantitative estimate of drug-likeness (QED) is 0.845. The van der Waals surface area contributed by atoms with Gasteiger partial charge in [-0.2, -0.15) is 0 Å². The van der Waals surface area contributed by atoms with Gasteiger partial charge in [-0.05, 0) is 44.0 Å². The monoisotopic (exact) mass is 362 g/mol. The third-order valence-corrected chi connectivity index (χ3v) is 3.56.